The van der Waals surface area contributed by atoms with Gasteiger partial charge in [-0.3, -0.25) is 4.79 Å². The maximum absolute atomic E-state index is 13.2. The lowest BCUT2D eigenvalue weighted by Gasteiger charge is -2.19. The van der Waals surface area contributed by atoms with Gasteiger partial charge in [0.1, 0.15) is 22.8 Å². The van der Waals surface area contributed by atoms with Crippen molar-refractivity contribution in [2.24, 2.45) is 0 Å². The first-order chi connectivity index (χ1) is 14.4. The first-order valence-corrected chi connectivity index (χ1v) is 10.2. The van der Waals surface area contributed by atoms with Crippen molar-refractivity contribution in [3.05, 3.63) is 70.7 Å². The van der Waals surface area contributed by atoms with Crippen LogP contribution < -0.4 is 5.32 Å². The lowest BCUT2D eigenvalue weighted by Crippen LogP contribution is -2.29. The number of fused-ring (bicyclic) bond motifs is 1. The lowest BCUT2D eigenvalue weighted by molar-refractivity contribution is 0.0936. The van der Waals surface area contributed by atoms with Crippen molar-refractivity contribution in [3.8, 4) is 11.3 Å². The number of aromatic nitrogens is 3. The van der Waals surface area contributed by atoms with E-state index in [-0.39, 0.29) is 18.0 Å². The second-order valence-corrected chi connectivity index (χ2v) is 7.97. The first-order valence-electron chi connectivity index (χ1n) is 9.87. The lowest BCUT2D eigenvalue weighted by atomic mass is 10.1. The van der Waals surface area contributed by atoms with Crippen molar-refractivity contribution in [3.63, 3.8) is 0 Å². The van der Waals surface area contributed by atoms with Gasteiger partial charge in [-0.25, -0.2) is 4.98 Å². The molecule has 0 aliphatic heterocycles. The van der Waals surface area contributed by atoms with Crippen molar-refractivity contribution in [2.75, 3.05) is 0 Å². The van der Waals surface area contributed by atoms with Gasteiger partial charge in [0.25, 0.3) is 5.91 Å². The molecule has 1 N–H and O–H groups in total. The molecule has 0 aliphatic carbocycles. The molecule has 0 aliphatic rings. The minimum atomic E-state index is -0.319. The van der Waals surface area contributed by atoms with Crippen LogP contribution in [0, 0.1) is 6.92 Å². The topological polar surface area (TPSA) is 73.0 Å². The van der Waals surface area contributed by atoms with Gasteiger partial charge in [0.2, 0.25) is 0 Å². The zero-order valence-electron chi connectivity index (χ0n) is 17.3. The van der Waals surface area contributed by atoms with Crippen LogP contribution in [0.1, 0.15) is 54.8 Å². The summed E-state index contributed by atoms with van der Waals surface area (Å²) in [6, 6.07) is 15.1. The van der Waals surface area contributed by atoms with Crippen LogP contribution in [-0.4, -0.2) is 20.6 Å². The predicted molar refractivity (Wildman–Crippen MR) is 118 cm³/mol. The van der Waals surface area contributed by atoms with E-state index in [1.54, 1.807) is 13.0 Å². The monoisotopic (exact) mass is 422 g/mol. The number of aryl methyl sites for hydroxylation is 1. The van der Waals surface area contributed by atoms with Crippen LogP contribution in [0.25, 0.3) is 22.3 Å². The molecule has 154 valence electrons. The minimum absolute atomic E-state index is 0.197. The van der Waals surface area contributed by atoms with Crippen LogP contribution in [0.3, 0.4) is 0 Å². The second-order valence-electron chi connectivity index (χ2n) is 7.56. The number of benzene rings is 2. The SMILES string of the molecule is Cc1onc(-c2ccccc2Cl)c1C(=O)N[C@H](C)c1nc2ccccc2n1C(C)C. The second kappa shape index (κ2) is 7.95. The van der Waals surface area contributed by atoms with Gasteiger partial charge in [-0.15, -0.1) is 0 Å². The molecule has 7 heteroatoms. The van der Waals surface area contributed by atoms with Crippen molar-refractivity contribution < 1.29 is 9.32 Å². The number of halogens is 1. The smallest absolute Gasteiger partial charge is 0.257 e. The number of carbonyl (C=O) groups excluding carboxylic acids is 1. The summed E-state index contributed by atoms with van der Waals surface area (Å²) >= 11 is 6.32. The molecule has 6 nitrogen and oxygen atoms in total. The standard InChI is InChI=1S/C23H23ClN4O2/c1-13(2)28-19-12-8-7-11-18(19)26-22(28)14(3)25-23(29)20-15(4)30-27-21(20)16-9-5-6-10-17(16)24/h5-14H,1-4H3,(H,25,29)/t14-/m1/s1. The summed E-state index contributed by atoms with van der Waals surface area (Å²) in [6.45, 7) is 7.85. The number of hydrogen-bond acceptors (Lipinski definition) is 4. The number of rotatable bonds is 5. The van der Waals surface area contributed by atoms with Crippen LogP contribution in [0.5, 0.6) is 0 Å². The summed E-state index contributed by atoms with van der Waals surface area (Å²) in [5.74, 6) is 0.957. The number of carbonyl (C=O) groups is 1. The average Bonchev–Trinajstić information content (AvgIpc) is 3.29. The number of para-hydroxylation sites is 2. The summed E-state index contributed by atoms with van der Waals surface area (Å²) in [5.41, 5.74) is 3.41. The number of nitrogens with zero attached hydrogens (tertiary/aromatic N) is 3. The highest BCUT2D eigenvalue weighted by Crippen LogP contribution is 2.31. The molecule has 2 heterocycles. The third kappa shape index (κ3) is 3.48. The van der Waals surface area contributed by atoms with Crippen LogP contribution >= 0.6 is 11.6 Å². The summed E-state index contributed by atoms with van der Waals surface area (Å²) in [5, 5.41) is 7.66. The molecule has 0 spiro atoms. The van der Waals surface area contributed by atoms with Crippen molar-refractivity contribution in [1.82, 2.24) is 20.0 Å². The molecule has 0 fully saturated rings. The van der Waals surface area contributed by atoms with E-state index in [9.17, 15) is 4.79 Å². The maximum Gasteiger partial charge on any atom is 0.257 e. The largest absolute Gasteiger partial charge is 0.360 e. The van der Waals surface area contributed by atoms with E-state index in [0.717, 1.165) is 16.9 Å². The highest BCUT2D eigenvalue weighted by atomic mass is 35.5. The molecule has 4 aromatic rings. The Morgan fingerprint density at radius 3 is 2.53 bits per heavy atom. The third-order valence-corrected chi connectivity index (χ3v) is 5.42. The van der Waals surface area contributed by atoms with Crippen LogP contribution in [-0.2, 0) is 0 Å². The number of nitrogens with one attached hydrogen (secondary N) is 1. The number of imidazole rings is 1. The molecule has 0 bridgehead atoms. The Balaban J connectivity index is 1.69. The Labute approximate surface area is 179 Å². The molecule has 30 heavy (non-hydrogen) atoms. The molecule has 2 aromatic heterocycles. The molecular weight excluding hydrogens is 400 g/mol. The minimum Gasteiger partial charge on any atom is -0.360 e. The fourth-order valence-electron chi connectivity index (χ4n) is 3.72. The normalized spacial score (nSPS) is 12.5. The van der Waals surface area contributed by atoms with Crippen molar-refractivity contribution >= 4 is 28.5 Å². The fraction of sp³-hybridized carbons (Fsp3) is 0.261. The Kier molecular flexibility index (Phi) is 5.35. The van der Waals surface area contributed by atoms with Gasteiger partial charge in [-0.05, 0) is 45.9 Å². The van der Waals surface area contributed by atoms with E-state index in [0.29, 0.717) is 27.6 Å². The van der Waals surface area contributed by atoms with Gasteiger partial charge in [-0.1, -0.05) is 47.1 Å². The van der Waals surface area contributed by atoms with Crippen LogP contribution in [0.2, 0.25) is 5.02 Å². The van der Waals surface area contributed by atoms with E-state index in [1.165, 1.54) is 0 Å². The van der Waals surface area contributed by atoms with Crippen LogP contribution in [0.4, 0.5) is 0 Å². The molecule has 0 saturated carbocycles. The van der Waals surface area contributed by atoms with Gasteiger partial charge in [-0.2, -0.15) is 0 Å². The molecular formula is C23H23ClN4O2. The molecule has 2 aromatic carbocycles. The Morgan fingerprint density at radius 1 is 1.10 bits per heavy atom. The molecule has 1 atom stereocenters. The zero-order valence-corrected chi connectivity index (χ0v) is 18.1. The first kappa shape index (κ1) is 20.2. The Hall–Kier alpha value is -3.12. The van der Waals surface area contributed by atoms with Gasteiger partial charge >= 0.3 is 0 Å². The van der Waals surface area contributed by atoms with Crippen LogP contribution in [0.15, 0.2) is 53.1 Å². The summed E-state index contributed by atoms with van der Waals surface area (Å²) in [6.07, 6.45) is 0. The highest BCUT2D eigenvalue weighted by molar-refractivity contribution is 6.33. The quantitative estimate of drug-likeness (QED) is 0.446. The maximum atomic E-state index is 13.2. The summed E-state index contributed by atoms with van der Waals surface area (Å²) < 4.78 is 7.48. The van der Waals surface area contributed by atoms with E-state index in [1.807, 2.05) is 49.4 Å². The third-order valence-electron chi connectivity index (χ3n) is 5.09. The molecule has 4 rings (SSSR count). The van der Waals surface area contributed by atoms with E-state index >= 15 is 0 Å². The summed E-state index contributed by atoms with van der Waals surface area (Å²) in [7, 11) is 0. The summed E-state index contributed by atoms with van der Waals surface area (Å²) in [4.78, 5) is 18.0. The molecule has 1 amide bonds. The van der Waals surface area contributed by atoms with E-state index in [2.05, 4.69) is 28.9 Å². The Bertz CT molecular complexity index is 1230. The van der Waals surface area contributed by atoms with Crippen molar-refractivity contribution in [2.45, 2.75) is 39.8 Å². The van der Waals surface area contributed by atoms with Gasteiger partial charge in [0.05, 0.1) is 22.1 Å². The number of amides is 1. The zero-order chi connectivity index (χ0) is 21.4. The van der Waals surface area contributed by atoms with Gasteiger partial charge < -0.3 is 14.4 Å². The van der Waals surface area contributed by atoms with E-state index in [4.69, 9.17) is 21.1 Å². The van der Waals surface area contributed by atoms with Gasteiger partial charge in [0, 0.05) is 11.6 Å². The van der Waals surface area contributed by atoms with Crippen molar-refractivity contribution in [1.29, 1.82) is 0 Å². The number of hydrogen-bond donors (Lipinski definition) is 1. The average molecular weight is 423 g/mol. The predicted octanol–water partition coefficient (Wildman–Crippen LogP) is 5.73. The Morgan fingerprint density at radius 2 is 1.80 bits per heavy atom. The molecule has 0 radical (unpaired) electrons. The van der Waals surface area contributed by atoms with Gasteiger partial charge in [0.15, 0.2) is 0 Å². The fourth-order valence-corrected chi connectivity index (χ4v) is 3.95. The van der Waals surface area contributed by atoms with E-state index < -0.39 is 0 Å². The highest BCUT2D eigenvalue weighted by Gasteiger charge is 2.26. The molecule has 0 saturated heterocycles. The molecule has 0 unspecified atom stereocenters.